The molecule has 74 valence electrons. The summed E-state index contributed by atoms with van der Waals surface area (Å²) >= 11 is 0. The van der Waals surface area contributed by atoms with Gasteiger partial charge in [-0.3, -0.25) is 9.59 Å². The first kappa shape index (κ1) is 10.0. The Bertz CT molecular complexity index is 216. The van der Waals surface area contributed by atoms with Gasteiger partial charge in [0.05, 0.1) is 0 Å². The fraction of sp³-hybridized carbons (Fsp3) is 0.778. The third kappa shape index (κ3) is 2.72. The second-order valence-electron chi connectivity index (χ2n) is 3.58. The predicted molar refractivity (Wildman–Crippen MR) is 48.8 cm³/mol. The van der Waals surface area contributed by atoms with Crippen molar-refractivity contribution in [2.24, 2.45) is 5.73 Å². The summed E-state index contributed by atoms with van der Waals surface area (Å²) in [5.41, 5.74) is 4.96. The highest BCUT2D eigenvalue weighted by molar-refractivity contribution is 5.96. The Kier molecular flexibility index (Phi) is 3.28. The van der Waals surface area contributed by atoms with E-state index in [2.05, 4.69) is 0 Å². The van der Waals surface area contributed by atoms with E-state index in [9.17, 15) is 9.59 Å². The number of piperidine rings is 1. The monoisotopic (exact) mass is 184 g/mol. The van der Waals surface area contributed by atoms with E-state index in [1.165, 1.54) is 6.42 Å². The van der Waals surface area contributed by atoms with E-state index in [1.807, 2.05) is 6.92 Å². The van der Waals surface area contributed by atoms with Crippen molar-refractivity contribution < 1.29 is 9.59 Å². The van der Waals surface area contributed by atoms with Crippen LogP contribution in [-0.4, -0.2) is 29.3 Å². The van der Waals surface area contributed by atoms with Gasteiger partial charge < -0.3 is 10.6 Å². The zero-order valence-corrected chi connectivity index (χ0v) is 7.95. The van der Waals surface area contributed by atoms with E-state index >= 15 is 0 Å². The molecule has 1 rings (SSSR count). The predicted octanol–water partition coefficient (Wildman–Crippen LogP) is 0.263. The molecule has 1 aliphatic rings. The first-order valence-corrected chi connectivity index (χ1v) is 4.69. The fourth-order valence-corrected chi connectivity index (χ4v) is 1.72. The van der Waals surface area contributed by atoms with E-state index in [4.69, 9.17) is 5.73 Å². The molecule has 1 fully saturated rings. The Hall–Kier alpha value is -1.06. The number of likely N-dealkylation sites (tertiary alicyclic amines) is 1. The van der Waals surface area contributed by atoms with Crippen LogP contribution in [0.15, 0.2) is 0 Å². The van der Waals surface area contributed by atoms with Crippen LogP contribution in [0.3, 0.4) is 0 Å². The van der Waals surface area contributed by atoms with Gasteiger partial charge in [0.15, 0.2) is 0 Å². The summed E-state index contributed by atoms with van der Waals surface area (Å²) in [5.74, 6) is -0.664. The summed E-state index contributed by atoms with van der Waals surface area (Å²) in [7, 11) is 0. The number of primary amides is 1. The second kappa shape index (κ2) is 4.25. The standard InChI is InChI=1S/C9H16N2O2/c1-7-4-2-3-5-11(7)9(13)6-8(10)12/h7H,2-6H2,1H3,(H2,10,12). The van der Waals surface area contributed by atoms with Crippen molar-refractivity contribution in [3.8, 4) is 0 Å². The summed E-state index contributed by atoms with van der Waals surface area (Å²) < 4.78 is 0. The van der Waals surface area contributed by atoms with Crippen LogP contribution in [0.25, 0.3) is 0 Å². The van der Waals surface area contributed by atoms with Gasteiger partial charge in [-0.15, -0.1) is 0 Å². The Balaban J connectivity index is 2.48. The largest absolute Gasteiger partial charge is 0.369 e. The zero-order valence-electron chi connectivity index (χ0n) is 7.95. The number of amides is 2. The molecule has 0 spiro atoms. The van der Waals surface area contributed by atoms with Gasteiger partial charge in [-0.05, 0) is 26.2 Å². The minimum Gasteiger partial charge on any atom is -0.369 e. The second-order valence-corrected chi connectivity index (χ2v) is 3.58. The van der Waals surface area contributed by atoms with Crippen LogP contribution >= 0.6 is 0 Å². The van der Waals surface area contributed by atoms with E-state index in [1.54, 1.807) is 4.90 Å². The van der Waals surface area contributed by atoms with Crippen LogP contribution in [0.4, 0.5) is 0 Å². The van der Waals surface area contributed by atoms with Gasteiger partial charge in [0.2, 0.25) is 11.8 Å². The molecule has 1 atom stereocenters. The number of hydrogen-bond donors (Lipinski definition) is 1. The molecule has 4 nitrogen and oxygen atoms in total. The smallest absolute Gasteiger partial charge is 0.232 e. The molecule has 1 aliphatic heterocycles. The minimum atomic E-state index is -0.539. The molecule has 1 saturated heterocycles. The van der Waals surface area contributed by atoms with Gasteiger partial charge >= 0.3 is 0 Å². The summed E-state index contributed by atoms with van der Waals surface area (Å²) in [5, 5.41) is 0. The van der Waals surface area contributed by atoms with Crippen LogP contribution in [0.2, 0.25) is 0 Å². The molecule has 13 heavy (non-hydrogen) atoms. The maximum Gasteiger partial charge on any atom is 0.232 e. The van der Waals surface area contributed by atoms with E-state index < -0.39 is 5.91 Å². The molecule has 1 unspecified atom stereocenters. The van der Waals surface area contributed by atoms with E-state index in [0.29, 0.717) is 0 Å². The number of hydrogen-bond acceptors (Lipinski definition) is 2. The van der Waals surface area contributed by atoms with E-state index in [0.717, 1.165) is 19.4 Å². The molecule has 2 amide bonds. The Morgan fingerprint density at radius 2 is 2.15 bits per heavy atom. The van der Waals surface area contributed by atoms with Crippen molar-refractivity contribution in [1.82, 2.24) is 4.90 Å². The number of nitrogens with two attached hydrogens (primary N) is 1. The Labute approximate surface area is 78.1 Å². The summed E-state index contributed by atoms with van der Waals surface area (Å²) in [6, 6.07) is 0.264. The van der Waals surface area contributed by atoms with Gasteiger partial charge in [-0.25, -0.2) is 0 Å². The molecule has 0 aromatic carbocycles. The van der Waals surface area contributed by atoms with Crippen molar-refractivity contribution in [1.29, 1.82) is 0 Å². The van der Waals surface area contributed by atoms with Gasteiger partial charge in [0, 0.05) is 12.6 Å². The van der Waals surface area contributed by atoms with Crippen LogP contribution < -0.4 is 5.73 Å². The molecule has 0 saturated carbocycles. The lowest BCUT2D eigenvalue weighted by atomic mass is 10.0. The van der Waals surface area contributed by atoms with Crippen molar-refractivity contribution in [3.05, 3.63) is 0 Å². The third-order valence-corrected chi connectivity index (χ3v) is 2.45. The lowest BCUT2D eigenvalue weighted by Crippen LogP contribution is -2.43. The quantitative estimate of drug-likeness (QED) is 0.626. The topological polar surface area (TPSA) is 63.4 Å². The lowest BCUT2D eigenvalue weighted by molar-refractivity contribution is -0.137. The molecule has 0 bridgehead atoms. The van der Waals surface area contributed by atoms with Gasteiger partial charge in [-0.2, -0.15) is 0 Å². The van der Waals surface area contributed by atoms with Gasteiger partial charge in [0.1, 0.15) is 6.42 Å². The molecule has 0 aromatic heterocycles. The average Bonchev–Trinajstić information content (AvgIpc) is 2.03. The minimum absolute atomic E-state index is 0.125. The summed E-state index contributed by atoms with van der Waals surface area (Å²) in [4.78, 5) is 23.7. The first-order chi connectivity index (χ1) is 6.11. The van der Waals surface area contributed by atoms with Crippen LogP contribution in [0, 0.1) is 0 Å². The highest BCUT2D eigenvalue weighted by Crippen LogP contribution is 2.16. The maximum absolute atomic E-state index is 11.4. The summed E-state index contributed by atoms with van der Waals surface area (Å²) in [6.07, 6.45) is 3.09. The average molecular weight is 184 g/mol. The zero-order chi connectivity index (χ0) is 9.84. The van der Waals surface area contributed by atoms with Crippen molar-refractivity contribution in [2.45, 2.75) is 38.6 Å². The van der Waals surface area contributed by atoms with E-state index in [-0.39, 0.29) is 18.4 Å². The molecule has 1 heterocycles. The highest BCUT2D eigenvalue weighted by Gasteiger charge is 2.23. The maximum atomic E-state index is 11.4. The van der Waals surface area contributed by atoms with Gasteiger partial charge in [0.25, 0.3) is 0 Å². The van der Waals surface area contributed by atoms with Crippen molar-refractivity contribution >= 4 is 11.8 Å². The SMILES string of the molecule is CC1CCCCN1C(=O)CC(N)=O. The van der Waals surface area contributed by atoms with Crippen LogP contribution in [0.1, 0.15) is 32.6 Å². The van der Waals surface area contributed by atoms with Crippen molar-refractivity contribution in [3.63, 3.8) is 0 Å². The molecular formula is C9H16N2O2. The molecule has 4 heteroatoms. The Morgan fingerprint density at radius 1 is 1.46 bits per heavy atom. The molecule has 0 aromatic rings. The van der Waals surface area contributed by atoms with Crippen molar-refractivity contribution in [2.75, 3.05) is 6.54 Å². The first-order valence-electron chi connectivity index (χ1n) is 4.69. The lowest BCUT2D eigenvalue weighted by Gasteiger charge is -2.33. The number of carbonyl (C=O) groups excluding carboxylic acids is 2. The molecule has 2 N–H and O–H groups in total. The summed E-state index contributed by atoms with van der Waals surface area (Å²) in [6.45, 7) is 2.78. The van der Waals surface area contributed by atoms with Gasteiger partial charge in [-0.1, -0.05) is 0 Å². The number of nitrogens with zero attached hydrogens (tertiary/aromatic N) is 1. The van der Waals surface area contributed by atoms with Crippen LogP contribution in [-0.2, 0) is 9.59 Å². The highest BCUT2D eigenvalue weighted by atomic mass is 16.2. The number of carbonyl (C=O) groups is 2. The fourth-order valence-electron chi connectivity index (χ4n) is 1.72. The van der Waals surface area contributed by atoms with Crippen LogP contribution in [0.5, 0.6) is 0 Å². The number of rotatable bonds is 2. The normalized spacial score (nSPS) is 22.8. The molecular weight excluding hydrogens is 168 g/mol. The third-order valence-electron chi connectivity index (χ3n) is 2.45. The Morgan fingerprint density at radius 3 is 2.69 bits per heavy atom. The molecule has 0 radical (unpaired) electrons. The molecule has 0 aliphatic carbocycles.